The Labute approximate surface area is 214 Å². The minimum absolute atomic E-state index is 0.125. The van der Waals surface area contributed by atoms with Gasteiger partial charge in [0, 0.05) is 16.6 Å². The fourth-order valence-corrected chi connectivity index (χ4v) is 5.46. The number of oxazole rings is 1. The number of carbonyl (C=O) groups is 2. The first-order valence-corrected chi connectivity index (χ1v) is 12.5. The summed E-state index contributed by atoms with van der Waals surface area (Å²) in [4.78, 5) is 30.6. The number of aromatic nitrogens is 1. The third-order valence-electron chi connectivity index (χ3n) is 7.18. The Kier molecular flexibility index (Phi) is 6.79. The first kappa shape index (κ1) is 24.1. The van der Waals surface area contributed by atoms with E-state index >= 15 is 0 Å². The van der Waals surface area contributed by atoms with Crippen LogP contribution < -0.4 is 5.32 Å². The predicted molar refractivity (Wildman–Crippen MR) is 139 cm³/mol. The van der Waals surface area contributed by atoms with Crippen molar-refractivity contribution in [2.24, 2.45) is 11.8 Å². The van der Waals surface area contributed by atoms with Crippen molar-refractivity contribution in [3.8, 4) is 0 Å². The Morgan fingerprint density at radius 2 is 1.83 bits per heavy atom. The summed E-state index contributed by atoms with van der Waals surface area (Å²) < 4.78 is 6.10. The van der Waals surface area contributed by atoms with Gasteiger partial charge in [-0.2, -0.15) is 0 Å². The van der Waals surface area contributed by atoms with E-state index in [0.29, 0.717) is 35.7 Å². The number of nitrogens with zero attached hydrogens (tertiary/aromatic N) is 1. The highest BCUT2D eigenvalue weighted by molar-refractivity contribution is 6.30. The molecule has 0 spiro atoms. The number of nitrogens with one attached hydrogen (secondary N) is 1. The van der Waals surface area contributed by atoms with Crippen LogP contribution in [0.4, 0.5) is 11.7 Å². The molecule has 0 saturated heterocycles. The van der Waals surface area contributed by atoms with Gasteiger partial charge in [-0.1, -0.05) is 79.1 Å². The molecule has 5 rings (SSSR count). The van der Waals surface area contributed by atoms with E-state index in [1.165, 1.54) is 0 Å². The number of ketones is 1. The van der Waals surface area contributed by atoms with Gasteiger partial charge in [0.2, 0.25) is 0 Å². The number of anilines is 2. The predicted octanol–water partition coefficient (Wildman–Crippen LogP) is 6.81. The molecule has 0 aliphatic heterocycles. The van der Waals surface area contributed by atoms with E-state index < -0.39 is 23.2 Å². The number of benzene rings is 2. The average molecular weight is 503 g/mol. The maximum Gasteiger partial charge on any atom is 0.307 e. The smallest absolute Gasteiger partial charge is 0.307 e. The monoisotopic (exact) mass is 502 g/mol. The van der Waals surface area contributed by atoms with E-state index in [2.05, 4.69) is 10.3 Å². The van der Waals surface area contributed by atoms with Crippen molar-refractivity contribution in [3.05, 3.63) is 95.4 Å². The minimum Gasteiger partial charge on any atom is -0.481 e. The van der Waals surface area contributed by atoms with Crippen molar-refractivity contribution in [1.29, 1.82) is 0 Å². The molecule has 1 saturated carbocycles. The molecule has 7 heteroatoms. The van der Waals surface area contributed by atoms with Crippen LogP contribution in [0, 0.1) is 11.8 Å². The third-order valence-corrected chi connectivity index (χ3v) is 7.41. The molecule has 3 aromatic rings. The van der Waals surface area contributed by atoms with Gasteiger partial charge in [0.15, 0.2) is 5.78 Å². The number of Topliss-reactive ketones (excluding diaryl/α,β-unsaturated/α-hetero) is 1. The number of halogens is 1. The number of carbonyl (C=O) groups excluding carboxylic acids is 1. The lowest BCUT2D eigenvalue weighted by Crippen LogP contribution is -2.44. The second kappa shape index (κ2) is 10.2. The molecular formula is C29H27ClN2O4. The lowest BCUT2D eigenvalue weighted by Gasteiger charge is -2.36. The Bertz CT molecular complexity index is 1330. The number of rotatable bonds is 7. The number of hydrogen-bond acceptors (Lipinski definition) is 5. The molecule has 0 radical (unpaired) electrons. The largest absolute Gasteiger partial charge is 0.481 e. The second-order valence-corrected chi connectivity index (χ2v) is 9.84. The number of hydrogen-bond donors (Lipinski definition) is 2. The lowest BCUT2D eigenvalue weighted by atomic mass is 9.65. The summed E-state index contributed by atoms with van der Waals surface area (Å²) >= 11 is 6.09. The van der Waals surface area contributed by atoms with Crippen LogP contribution in [-0.2, 0) is 15.0 Å². The zero-order valence-corrected chi connectivity index (χ0v) is 20.4. The molecule has 1 aromatic heterocycles. The van der Waals surface area contributed by atoms with Crippen LogP contribution in [-0.4, -0.2) is 21.8 Å². The average Bonchev–Trinajstić information content (AvgIpc) is 3.38. The van der Waals surface area contributed by atoms with Crippen LogP contribution in [0.1, 0.15) is 43.4 Å². The normalized spacial score (nSPS) is 23.6. The topological polar surface area (TPSA) is 92.4 Å². The number of carboxylic acids is 1. The number of carboxylic acid groups (broad SMARTS) is 1. The van der Waals surface area contributed by atoms with Gasteiger partial charge in [-0.3, -0.25) is 9.59 Å². The molecule has 2 aliphatic carbocycles. The van der Waals surface area contributed by atoms with E-state index in [0.717, 1.165) is 24.0 Å². The Morgan fingerprint density at radius 1 is 1.06 bits per heavy atom. The first-order valence-electron chi connectivity index (χ1n) is 12.2. The molecule has 2 aliphatic rings. The third kappa shape index (κ3) is 4.73. The van der Waals surface area contributed by atoms with Gasteiger partial charge in [-0.15, -0.1) is 0 Å². The highest BCUT2D eigenvalue weighted by Gasteiger charge is 2.48. The van der Waals surface area contributed by atoms with Gasteiger partial charge in [0.1, 0.15) is 11.2 Å². The Morgan fingerprint density at radius 3 is 2.53 bits per heavy atom. The Hall–Kier alpha value is -3.64. The van der Waals surface area contributed by atoms with Crippen LogP contribution >= 0.6 is 11.6 Å². The summed E-state index contributed by atoms with van der Waals surface area (Å²) in [6, 6.07) is 17.4. The molecule has 2 aromatic carbocycles. The van der Waals surface area contributed by atoms with Gasteiger partial charge in [-0.05, 0) is 48.6 Å². The number of aliphatic carboxylic acids is 1. The molecule has 2 N–H and O–H groups in total. The summed E-state index contributed by atoms with van der Waals surface area (Å²) in [5, 5.41) is 13.5. The number of allylic oxidation sites excluding steroid dienone is 4. The molecule has 184 valence electrons. The molecule has 0 bridgehead atoms. The van der Waals surface area contributed by atoms with Crippen LogP contribution in [0.5, 0.6) is 0 Å². The van der Waals surface area contributed by atoms with E-state index in [-0.39, 0.29) is 11.8 Å². The molecule has 1 heterocycles. The van der Waals surface area contributed by atoms with Crippen molar-refractivity contribution in [2.45, 2.75) is 37.5 Å². The van der Waals surface area contributed by atoms with Crippen LogP contribution in [0.25, 0.3) is 5.57 Å². The molecule has 6 nitrogen and oxygen atoms in total. The molecule has 3 atom stereocenters. The summed E-state index contributed by atoms with van der Waals surface area (Å²) in [7, 11) is 0. The first-order chi connectivity index (χ1) is 17.5. The van der Waals surface area contributed by atoms with Crippen LogP contribution in [0.3, 0.4) is 0 Å². The van der Waals surface area contributed by atoms with E-state index in [9.17, 15) is 14.7 Å². The standard InChI is InChI=1S/C29H27ClN2O4/c30-21-9-6-10-22(17-21)32-28-31-18-25(36-28)29(26(33)23-11-4-5-12-24(23)27(34)35)15-13-20(14-16-29)19-7-2-1-3-8-19/h1-3,6-10,13-15,17-18,23-24H,4-5,11-12,16H2,(H,31,32)(H,34,35)/t23-,24-,29?/m1/s1. The van der Waals surface area contributed by atoms with Gasteiger partial charge < -0.3 is 14.8 Å². The van der Waals surface area contributed by atoms with Crippen molar-refractivity contribution in [1.82, 2.24) is 4.98 Å². The van der Waals surface area contributed by atoms with E-state index in [4.69, 9.17) is 16.0 Å². The summed E-state index contributed by atoms with van der Waals surface area (Å²) in [6.07, 6.45) is 10.5. The van der Waals surface area contributed by atoms with Gasteiger partial charge in [0.05, 0.1) is 12.1 Å². The van der Waals surface area contributed by atoms with E-state index in [1.807, 2.05) is 60.7 Å². The van der Waals surface area contributed by atoms with Gasteiger partial charge in [0.25, 0.3) is 6.01 Å². The summed E-state index contributed by atoms with van der Waals surface area (Å²) in [5.74, 6) is -1.92. The quantitative estimate of drug-likeness (QED) is 0.368. The maximum absolute atomic E-state index is 14.2. The Balaban J connectivity index is 1.50. The lowest BCUT2D eigenvalue weighted by molar-refractivity contribution is -0.149. The summed E-state index contributed by atoms with van der Waals surface area (Å²) in [6.45, 7) is 0. The van der Waals surface area contributed by atoms with Crippen LogP contribution in [0.15, 0.2) is 83.4 Å². The molecular weight excluding hydrogens is 476 g/mol. The fraction of sp³-hybridized carbons (Fsp3) is 0.276. The molecule has 36 heavy (non-hydrogen) atoms. The van der Waals surface area contributed by atoms with Crippen molar-refractivity contribution >= 4 is 40.6 Å². The summed E-state index contributed by atoms with van der Waals surface area (Å²) in [5.41, 5.74) is 1.64. The zero-order valence-electron chi connectivity index (χ0n) is 19.7. The van der Waals surface area contributed by atoms with Crippen molar-refractivity contribution < 1.29 is 19.1 Å². The SMILES string of the molecule is O=C(O)[C@@H]1CCCC[C@H]1C(=O)C1(c2cnc(Nc3cccc(Cl)c3)o2)C=CC(c2ccccc2)=CC1. The van der Waals surface area contributed by atoms with Gasteiger partial charge in [-0.25, -0.2) is 4.98 Å². The van der Waals surface area contributed by atoms with Crippen molar-refractivity contribution in [2.75, 3.05) is 5.32 Å². The van der Waals surface area contributed by atoms with Gasteiger partial charge >= 0.3 is 5.97 Å². The highest BCUT2D eigenvalue weighted by Crippen LogP contribution is 2.44. The minimum atomic E-state index is -1.13. The fourth-order valence-electron chi connectivity index (χ4n) is 5.27. The molecule has 0 amide bonds. The molecule has 1 unspecified atom stereocenters. The highest BCUT2D eigenvalue weighted by atomic mass is 35.5. The van der Waals surface area contributed by atoms with Crippen LogP contribution in [0.2, 0.25) is 5.02 Å². The van der Waals surface area contributed by atoms with Crippen molar-refractivity contribution in [3.63, 3.8) is 0 Å². The van der Waals surface area contributed by atoms with E-state index in [1.54, 1.807) is 18.3 Å². The second-order valence-electron chi connectivity index (χ2n) is 9.40. The molecule has 1 fully saturated rings. The zero-order chi connectivity index (χ0) is 25.1. The maximum atomic E-state index is 14.2.